The minimum atomic E-state index is 0.127. The number of amides is 1. The fourth-order valence-electron chi connectivity index (χ4n) is 2.67. The van der Waals surface area contributed by atoms with Gasteiger partial charge in [0.05, 0.1) is 6.42 Å². The molecule has 0 spiro atoms. The van der Waals surface area contributed by atoms with Crippen molar-refractivity contribution in [1.82, 2.24) is 14.9 Å². The Morgan fingerprint density at radius 3 is 3.32 bits per heavy atom. The molecule has 1 amide bonds. The summed E-state index contributed by atoms with van der Waals surface area (Å²) in [6.45, 7) is 1.51. The molecule has 0 bridgehead atoms. The third-order valence-corrected chi connectivity index (χ3v) is 3.69. The Morgan fingerprint density at radius 2 is 2.47 bits per heavy atom. The van der Waals surface area contributed by atoms with Crippen molar-refractivity contribution in [2.45, 2.75) is 25.3 Å². The van der Waals surface area contributed by atoms with E-state index in [0.717, 1.165) is 36.0 Å². The van der Waals surface area contributed by atoms with Crippen LogP contribution in [0.1, 0.15) is 18.4 Å². The zero-order valence-corrected chi connectivity index (χ0v) is 10.8. The number of H-pyrrole nitrogens is 1. The van der Waals surface area contributed by atoms with E-state index in [1.807, 2.05) is 23.2 Å². The van der Waals surface area contributed by atoms with Gasteiger partial charge in [-0.3, -0.25) is 4.79 Å². The summed E-state index contributed by atoms with van der Waals surface area (Å²) in [5.74, 6) is 0.153. The maximum Gasteiger partial charge on any atom is 0.227 e. The average Bonchev–Trinajstić information content (AvgIpc) is 2.82. The van der Waals surface area contributed by atoms with Gasteiger partial charge in [0.15, 0.2) is 0 Å². The van der Waals surface area contributed by atoms with Gasteiger partial charge in [0.2, 0.25) is 5.91 Å². The first-order valence-electron chi connectivity index (χ1n) is 6.68. The van der Waals surface area contributed by atoms with Gasteiger partial charge in [-0.1, -0.05) is 0 Å². The van der Waals surface area contributed by atoms with Crippen molar-refractivity contribution in [3.05, 3.63) is 30.1 Å². The normalized spacial score (nSPS) is 19.8. The van der Waals surface area contributed by atoms with Gasteiger partial charge in [-0.15, -0.1) is 0 Å². The van der Waals surface area contributed by atoms with Gasteiger partial charge in [0.25, 0.3) is 0 Å². The molecule has 1 saturated heterocycles. The monoisotopic (exact) mass is 258 g/mol. The maximum atomic E-state index is 12.3. The minimum Gasteiger partial charge on any atom is -0.346 e. The van der Waals surface area contributed by atoms with E-state index >= 15 is 0 Å². The quantitative estimate of drug-likeness (QED) is 0.845. The lowest BCUT2D eigenvalue weighted by atomic mass is 10.1. The summed E-state index contributed by atoms with van der Waals surface area (Å²) in [4.78, 5) is 21.5. The summed E-state index contributed by atoms with van der Waals surface area (Å²) in [5, 5.41) is 1.03. The molecule has 3 rings (SSSR count). The third-order valence-electron chi connectivity index (χ3n) is 3.69. The topological polar surface area (TPSA) is 75.0 Å². The number of carbonyl (C=O) groups excluding carboxylic acids is 1. The Hall–Kier alpha value is -1.88. The number of hydrogen-bond donors (Lipinski definition) is 2. The molecule has 1 atom stereocenters. The fourth-order valence-corrected chi connectivity index (χ4v) is 2.67. The number of likely N-dealkylation sites (tertiary alicyclic amines) is 1. The zero-order chi connectivity index (χ0) is 13.2. The molecule has 0 saturated carbocycles. The number of rotatable bonds is 2. The van der Waals surface area contributed by atoms with E-state index in [4.69, 9.17) is 5.73 Å². The summed E-state index contributed by atoms with van der Waals surface area (Å²) >= 11 is 0. The first kappa shape index (κ1) is 12.2. The largest absolute Gasteiger partial charge is 0.346 e. The van der Waals surface area contributed by atoms with Crippen molar-refractivity contribution < 1.29 is 4.79 Å². The van der Waals surface area contributed by atoms with E-state index in [1.54, 1.807) is 6.20 Å². The van der Waals surface area contributed by atoms with Crippen LogP contribution >= 0.6 is 0 Å². The molecule has 100 valence electrons. The SMILES string of the molecule is NC1CCCN(C(=O)Cc2c[nH]c3ncccc23)C1. The van der Waals surface area contributed by atoms with Crippen LogP contribution in [-0.4, -0.2) is 39.9 Å². The van der Waals surface area contributed by atoms with Crippen LogP contribution < -0.4 is 5.73 Å². The summed E-state index contributed by atoms with van der Waals surface area (Å²) in [6, 6.07) is 4.01. The van der Waals surface area contributed by atoms with Gasteiger partial charge in [-0.25, -0.2) is 4.98 Å². The molecule has 1 fully saturated rings. The molecular formula is C14H18N4O. The molecule has 0 aromatic carbocycles. The highest BCUT2D eigenvalue weighted by Gasteiger charge is 2.21. The summed E-state index contributed by atoms with van der Waals surface area (Å²) in [7, 11) is 0. The van der Waals surface area contributed by atoms with Crippen LogP contribution in [0.15, 0.2) is 24.5 Å². The van der Waals surface area contributed by atoms with E-state index < -0.39 is 0 Å². The summed E-state index contributed by atoms with van der Waals surface area (Å²) in [6.07, 6.45) is 6.05. The lowest BCUT2D eigenvalue weighted by molar-refractivity contribution is -0.131. The highest BCUT2D eigenvalue weighted by Crippen LogP contribution is 2.18. The van der Waals surface area contributed by atoms with Crippen molar-refractivity contribution in [2.24, 2.45) is 5.73 Å². The number of nitrogens with one attached hydrogen (secondary N) is 1. The van der Waals surface area contributed by atoms with Crippen molar-refractivity contribution >= 4 is 16.9 Å². The number of hydrogen-bond acceptors (Lipinski definition) is 3. The predicted octanol–water partition coefficient (Wildman–Crippen LogP) is 1.06. The minimum absolute atomic E-state index is 0.127. The lowest BCUT2D eigenvalue weighted by Gasteiger charge is -2.30. The molecule has 1 unspecified atom stereocenters. The standard InChI is InChI=1S/C14H18N4O/c15-11-3-2-6-18(9-11)13(19)7-10-8-17-14-12(10)4-1-5-16-14/h1,4-5,8,11H,2-3,6-7,9,15H2,(H,16,17). The molecule has 3 N–H and O–H groups in total. The molecule has 1 aliphatic heterocycles. The molecular weight excluding hydrogens is 240 g/mol. The third kappa shape index (κ3) is 2.46. The van der Waals surface area contributed by atoms with E-state index in [2.05, 4.69) is 9.97 Å². The van der Waals surface area contributed by atoms with Crippen LogP contribution in [0.4, 0.5) is 0 Å². The van der Waals surface area contributed by atoms with Crippen LogP contribution in [0.5, 0.6) is 0 Å². The summed E-state index contributed by atoms with van der Waals surface area (Å²) in [5.41, 5.74) is 7.76. The van der Waals surface area contributed by atoms with Gasteiger partial charge in [0.1, 0.15) is 5.65 Å². The molecule has 19 heavy (non-hydrogen) atoms. The van der Waals surface area contributed by atoms with E-state index in [-0.39, 0.29) is 11.9 Å². The molecule has 0 aliphatic carbocycles. The molecule has 1 aliphatic rings. The van der Waals surface area contributed by atoms with Crippen LogP contribution in [0.2, 0.25) is 0 Å². The molecule has 2 aromatic heterocycles. The molecule has 3 heterocycles. The van der Waals surface area contributed by atoms with E-state index in [9.17, 15) is 4.79 Å². The van der Waals surface area contributed by atoms with Crippen molar-refractivity contribution in [3.63, 3.8) is 0 Å². The van der Waals surface area contributed by atoms with Gasteiger partial charge in [-0.05, 0) is 30.5 Å². The number of nitrogens with zero attached hydrogens (tertiary/aromatic N) is 2. The molecule has 0 radical (unpaired) electrons. The first-order valence-corrected chi connectivity index (χ1v) is 6.68. The maximum absolute atomic E-state index is 12.3. The second kappa shape index (κ2) is 5.01. The first-order chi connectivity index (χ1) is 9.24. The lowest BCUT2D eigenvalue weighted by Crippen LogP contribution is -2.46. The molecule has 5 heteroatoms. The fraction of sp³-hybridized carbons (Fsp3) is 0.429. The summed E-state index contributed by atoms with van der Waals surface area (Å²) < 4.78 is 0. The Balaban J connectivity index is 1.75. The van der Waals surface area contributed by atoms with Crippen LogP contribution in [0.3, 0.4) is 0 Å². The van der Waals surface area contributed by atoms with E-state index in [1.165, 1.54) is 0 Å². The smallest absolute Gasteiger partial charge is 0.227 e. The number of aromatic nitrogens is 2. The Morgan fingerprint density at radius 1 is 1.58 bits per heavy atom. The number of carbonyl (C=O) groups is 1. The highest BCUT2D eigenvalue weighted by atomic mass is 16.2. The number of piperidine rings is 1. The molecule has 5 nitrogen and oxygen atoms in total. The number of pyridine rings is 1. The number of fused-ring (bicyclic) bond motifs is 1. The predicted molar refractivity (Wildman–Crippen MR) is 73.6 cm³/mol. The Kier molecular flexibility index (Phi) is 3.21. The van der Waals surface area contributed by atoms with Gasteiger partial charge in [0, 0.05) is 36.9 Å². The van der Waals surface area contributed by atoms with Gasteiger partial charge >= 0.3 is 0 Å². The van der Waals surface area contributed by atoms with Gasteiger partial charge in [-0.2, -0.15) is 0 Å². The van der Waals surface area contributed by atoms with Crippen molar-refractivity contribution in [1.29, 1.82) is 0 Å². The van der Waals surface area contributed by atoms with Crippen LogP contribution in [-0.2, 0) is 11.2 Å². The van der Waals surface area contributed by atoms with Gasteiger partial charge < -0.3 is 15.6 Å². The Bertz CT molecular complexity index is 592. The van der Waals surface area contributed by atoms with Crippen LogP contribution in [0.25, 0.3) is 11.0 Å². The zero-order valence-electron chi connectivity index (χ0n) is 10.8. The average molecular weight is 258 g/mol. The molecule has 2 aromatic rings. The number of nitrogens with two attached hydrogens (primary N) is 1. The second-order valence-electron chi connectivity index (χ2n) is 5.13. The van der Waals surface area contributed by atoms with Crippen molar-refractivity contribution in [3.8, 4) is 0 Å². The van der Waals surface area contributed by atoms with Crippen molar-refractivity contribution in [2.75, 3.05) is 13.1 Å². The Labute approximate surface area is 111 Å². The second-order valence-corrected chi connectivity index (χ2v) is 5.13. The number of aromatic amines is 1. The highest BCUT2D eigenvalue weighted by molar-refractivity contribution is 5.87. The van der Waals surface area contributed by atoms with Crippen LogP contribution in [0, 0.1) is 0 Å². The van der Waals surface area contributed by atoms with E-state index in [0.29, 0.717) is 13.0 Å².